The summed E-state index contributed by atoms with van der Waals surface area (Å²) in [6, 6.07) is 1.42. The molecule has 78 valence electrons. The SMILES string of the molecule is CCNC(CC)C1CSCCN1C. The fraction of sp³-hybridized carbons (Fsp3) is 1.00. The molecule has 3 heteroatoms. The van der Waals surface area contributed by atoms with Crippen LogP contribution in [0, 0.1) is 0 Å². The fourth-order valence-corrected chi connectivity index (χ4v) is 3.26. The molecule has 0 amide bonds. The van der Waals surface area contributed by atoms with E-state index in [1.54, 1.807) is 0 Å². The fourth-order valence-electron chi connectivity index (χ4n) is 1.94. The van der Waals surface area contributed by atoms with Crippen molar-refractivity contribution in [3.8, 4) is 0 Å². The number of nitrogens with one attached hydrogen (secondary N) is 1. The van der Waals surface area contributed by atoms with Crippen molar-refractivity contribution in [3.05, 3.63) is 0 Å². The molecule has 2 atom stereocenters. The zero-order valence-electron chi connectivity index (χ0n) is 9.05. The second-order valence-electron chi connectivity index (χ2n) is 3.70. The predicted octanol–water partition coefficient (Wildman–Crippen LogP) is 1.42. The first-order valence-corrected chi connectivity index (χ1v) is 6.46. The predicted molar refractivity (Wildman–Crippen MR) is 61.5 cm³/mol. The van der Waals surface area contributed by atoms with Gasteiger partial charge in [0.2, 0.25) is 0 Å². The van der Waals surface area contributed by atoms with E-state index in [0.29, 0.717) is 6.04 Å². The topological polar surface area (TPSA) is 15.3 Å². The first-order chi connectivity index (χ1) is 6.29. The summed E-state index contributed by atoms with van der Waals surface area (Å²) >= 11 is 2.09. The lowest BCUT2D eigenvalue weighted by Gasteiger charge is -2.37. The maximum absolute atomic E-state index is 3.58. The van der Waals surface area contributed by atoms with Gasteiger partial charge in [-0.1, -0.05) is 13.8 Å². The molecule has 1 saturated heterocycles. The van der Waals surface area contributed by atoms with Crippen LogP contribution < -0.4 is 5.32 Å². The highest BCUT2D eigenvalue weighted by molar-refractivity contribution is 7.99. The van der Waals surface area contributed by atoms with E-state index in [4.69, 9.17) is 0 Å². The third-order valence-electron chi connectivity index (χ3n) is 2.81. The Hall–Kier alpha value is 0.270. The highest BCUT2D eigenvalue weighted by Gasteiger charge is 2.25. The van der Waals surface area contributed by atoms with Crippen molar-refractivity contribution in [1.29, 1.82) is 0 Å². The minimum Gasteiger partial charge on any atom is -0.313 e. The lowest BCUT2D eigenvalue weighted by molar-refractivity contribution is 0.212. The third kappa shape index (κ3) is 3.15. The van der Waals surface area contributed by atoms with Gasteiger partial charge in [-0.25, -0.2) is 0 Å². The van der Waals surface area contributed by atoms with Crippen LogP contribution in [0.15, 0.2) is 0 Å². The van der Waals surface area contributed by atoms with Crippen LogP contribution in [-0.4, -0.2) is 48.6 Å². The normalized spacial score (nSPS) is 27.5. The largest absolute Gasteiger partial charge is 0.313 e. The molecular weight excluding hydrogens is 180 g/mol. The van der Waals surface area contributed by atoms with Gasteiger partial charge < -0.3 is 10.2 Å². The molecule has 1 heterocycles. The second-order valence-corrected chi connectivity index (χ2v) is 4.85. The first-order valence-electron chi connectivity index (χ1n) is 5.31. The van der Waals surface area contributed by atoms with E-state index >= 15 is 0 Å². The molecule has 0 aliphatic carbocycles. The minimum atomic E-state index is 0.683. The van der Waals surface area contributed by atoms with Gasteiger partial charge in [-0.05, 0) is 20.0 Å². The molecule has 13 heavy (non-hydrogen) atoms. The number of hydrogen-bond acceptors (Lipinski definition) is 3. The van der Waals surface area contributed by atoms with Crippen molar-refractivity contribution in [2.24, 2.45) is 0 Å². The Morgan fingerprint density at radius 1 is 1.54 bits per heavy atom. The van der Waals surface area contributed by atoms with Gasteiger partial charge in [-0.2, -0.15) is 11.8 Å². The summed E-state index contributed by atoms with van der Waals surface area (Å²) in [5.74, 6) is 2.59. The standard InChI is InChI=1S/C10H22N2S/c1-4-9(11-5-2)10-8-13-7-6-12(10)3/h9-11H,4-8H2,1-3H3. The van der Waals surface area contributed by atoms with Crippen LogP contribution in [0.5, 0.6) is 0 Å². The lowest BCUT2D eigenvalue weighted by Crippen LogP contribution is -2.52. The van der Waals surface area contributed by atoms with Gasteiger partial charge in [0.05, 0.1) is 0 Å². The van der Waals surface area contributed by atoms with Gasteiger partial charge in [0.15, 0.2) is 0 Å². The molecule has 1 rings (SSSR count). The Morgan fingerprint density at radius 2 is 2.31 bits per heavy atom. The molecule has 1 fully saturated rings. The number of likely N-dealkylation sites (N-methyl/N-ethyl adjacent to an activating group) is 2. The monoisotopic (exact) mass is 202 g/mol. The van der Waals surface area contributed by atoms with Crippen LogP contribution in [0.2, 0.25) is 0 Å². The number of hydrogen-bond donors (Lipinski definition) is 1. The van der Waals surface area contributed by atoms with E-state index in [1.165, 1.54) is 24.5 Å². The summed E-state index contributed by atoms with van der Waals surface area (Å²) in [7, 11) is 2.25. The van der Waals surface area contributed by atoms with E-state index in [2.05, 4.69) is 42.9 Å². The van der Waals surface area contributed by atoms with Crippen molar-refractivity contribution >= 4 is 11.8 Å². The highest BCUT2D eigenvalue weighted by Crippen LogP contribution is 2.18. The zero-order chi connectivity index (χ0) is 9.68. The molecule has 1 N–H and O–H groups in total. The number of rotatable bonds is 4. The van der Waals surface area contributed by atoms with Crippen molar-refractivity contribution in [2.45, 2.75) is 32.4 Å². The molecule has 0 aromatic rings. The maximum Gasteiger partial charge on any atom is 0.0337 e. The number of thioether (sulfide) groups is 1. The molecule has 0 aromatic carbocycles. The average molecular weight is 202 g/mol. The molecule has 2 nitrogen and oxygen atoms in total. The van der Waals surface area contributed by atoms with Crippen molar-refractivity contribution < 1.29 is 0 Å². The van der Waals surface area contributed by atoms with Crippen LogP contribution in [0.3, 0.4) is 0 Å². The summed E-state index contributed by atoms with van der Waals surface area (Å²) in [6.45, 7) is 6.81. The minimum absolute atomic E-state index is 0.683. The van der Waals surface area contributed by atoms with Gasteiger partial charge in [0.1, 0.15) is 0 Å². The van der Waals surface area contributed by atoms with Crippen LogP contribution in [0.4, 0.5) is 0 Å². The molecule has 0 radical (unpaired) electrons. The molecule has 0 aromatic heterocycles. The molecule has 0 spiro atoms. The Kier molecular flexibility index (Phi) is 5.14. The van der Waals surface area contributed by atoms with Crippen LogP contribution in [0.25, 0.3) is 0 Å². The number of nitrogens with zero attached hydrogens (tertiary/aromatic N) is 1. The van der Waals surface area contributed by atoms with Crippen molar-refractivity contribution in [2.75, 3.05) is 31.6 Å². The van der Waals surface area contributed by atoms with E-state index in [-0.39, 0.29) is 0 Å². The maximum atomic E-state index is 3.58. The highest BCUT2D eigenvalue weighted by atomic mass is 32.2. The van der Waals surface area contributed by atoms with Gasteiger partial charge in [0.25, 0.3) is 0 Å². The first kappa shape index (κ1) is 11.3. The summed E-state index contributed by atoms with van der Waals surface area (Å²) < 4.78 is 0. The van der Waals surface area contributed by atoms with E-state index < -0.39 is 0 Å². The van der Waals surface area contributed by atoms with Crippen molar-refractivity contribution in [1.82, 2.24) is 10.2 Å². The summed E-state index contributed by atoms with van der Waals surface area (Å²) in [6.07, 6.45) is 1.24. The van der Waals surface area contributed by atoms with E-state index in [9.17, 15) is 0 Å². The van der Waals surface area contributed by atoms with Crippen LogP contribution in [-0.2, 0) is 0 Å². The second kappa shape index (κ2) is 5.89. The quantitative estimate of drug-likeness (QED) is 0.742. The molecule has 0 bridgehead atoms. The van der Waals surface area contributed by atoms with Gasteiger partial charge in [0, 0.05) is 30.1 Å². The average Bonchev–Trinajstić information content (AvgIpc) is 2.16. The summed E-state index contributed by atoms with van der Waals surface area (Å²) in [4.78, 5) is 2.51. The van der Waals surface area contributed by atoms with Gasteiger partial charge in [-0.3, -0.25) is 0 Å². The molecule has 0 saturated carbocycles. The molecule has 1 aliphatic heterocycles. The zero-order valence-corrected chi connectivity index (χ0v) is 9.86. The summed E-state index contributed by atoms with van der Waals surface area (Å²) in [5.41, 5.74) is 0. The Bertz CT molecular complexity index is 141. The van der Waals surface area contributed by atoms with E-state index in [0.717, 1.165) is 12.6 Å². The molecule has 2 unspecified atom stereocenters. The lowest BCUT2D eigenvalue weighted by atomic mass is 10.1. The molecule has 1 aliphatic rings. The Labute approximate surface area is 86.5 Å². The smallest absolute Gasteiger partial charge is 0.0337 e. The Balaban J connectivity index is 2.44. The van der Waals surface area contributed by atoms with E-state index in [1.807, 2.05) is 0 Å². The third-order valence-corrected chi connectivity index (χ3v) is 3.86. The van der Waals surface area contributed by atoms with Crippen LogP contribution in [0.1, 0.15) is 20.3 Å². The Morgan fingerprint density at radius 3 is 2.85 bits per heavy atom. The van der Waals surface area contributed by atoms with Gasteiger partial charge >= 0.3 is 0 Å². The summed E-state index contributed by atoms with van der Waals surface area (Å²) in [5, 5.41) is 3.58. The van der Waals surface area contributed by atoms with Crippen molar-refractivity contribution in [3.63, 3.8) is 0 Å². The van der Waals surface area contributed by atoms with Crippen LogP contribution >= 0.6 is 11.8 Å². The molecular formula is C10H22N2S. The van der Waals surface area contributed by atoms with Gasteiger partial charge in [-0.15, -0.1) is 0 Å².